The Morgan fingerprint density at radius 1 is 1.36 bits per heavy atom. The van der Waals surface area contributed by atoms with E-state index in [-0.39, 0.29) is 6.61 Å². The van der Waals surface area contributed by atoms with Crippen LogP contribution in [0.1, 0.15) is 6.42 Å². The van der Waals surface area contributed by atoms with Crippen molar-refractivity contribution in [3.8, 4) is 11.5 Å². The van der Waals surface area contributed by atoms with Crippen LogP contribution in [-0.2, 0) is 0 Å². The third-order valence-electron chi connectivity index (χ3n) is 1.02. The van der Waals surface area contributed by atoms with Crippen molar-refractivity contribution in [1.82, 2.24) is 0 Å². The van der Waals surface area contributed by atoms with Crippen molar-refractivity contribution < 1.29 is 10.2 Å². The van der Waals surface area contributed by atoms with Gasteiger partial charge in [0, 0.05) is 13.0 Å². The molecule has 0 aliphatic carbocycles. The lowest BCUT2D eigenvalue weighted by Gasteiger charge is -2.05. The van der Waals surface area contributed by atoms with E-state index < -0.39 is 14.2 Å². The fourth-order valence-corrected chi connectivity index (χ4v) is 1.09. The van der Waals surface area contributed by atoms with Gasteiger partial charge in [0.15, 0.2) is 0 Å². The maximum Gasteiger partial charge on any atom is 0.129 e. The third kappa shape index (κ3) is 7.60. The molecule has 0 heterocycles. The van der Waals surface area contributed by atoms with Gasteiger partial charge in [-0.1, -0.05) is 25.6 Å². The second-order valence-electron chi connectivity index (χ2n) is 3.55. The number of aliphatic hydroxyl groups is 2. The van der Waals surface area contributed by atoms with E-state index in [0.29, 0.717) is 6.42 Å². The van der Waals surface area contributed by atoms with E-state index in [1.807, 2.05) is 0 Å². The summed E-state index contributed by atoms with van der Waals surface area (Å²) in [4.78, 5) is 0. The summed E-state index contributed by atoms with van der Waals surface area (Å²) in [7, 11) is -1.35. The number of rotatable bonds is 2. The van der Waals surface area contributed by atoms with E-state index in [4.69, 9.17) is 10.2 Å². The Morgan fingerprint density at radius 3 is 2.27 bits per heavy atom. The molecule has 0 amide bonds. The summed E-state index contributed by atoms with van der Waals surface area (Å²) in [6.07, 6.45) is -0.288. The highest BCUT2D eigenvalue weighted by Gasteiger charge is 2.08. The van der Waals surface area contributed by atoms with Crippen molar-refractivity contribution in [2.45, 2.75) is 32.2 Å². The van der Waals surface area contributed by atoms with Crippen LogP contribution in [0.25, 0.3) is 0 Å². The summed E-state index contributed by atoms with van der Waals surface area (Å²) in [6.45, 7) is 6.35. The van der Waals surface area contributed by atoms with Gasteiger partial charge in [-0.25, -0.2) is 0 Å². The molecule has 0 aromatic carbocycles. The zero-order valence-electron chi connectivity index (χ0n) is 7.39. The van der Waals surface area contributed by atoms with Gasteiger partial charge in [-0.05, 0) is 0 Å². The molecular weight excluding hydrogens is 156 g/mol. The quantitative estimate of drug-likeness (QED) is 0.473. The van der Waals surface area contributed by atoms with Gasteiger partial charge < -0.3 is 10.2 Å². The van der Waals surface area contributed by atoms with Crippen LogP contribution in [0.3, 0.4) is 0 Å². The molecule has 1 atom stereocenters. The van der Waals surface area contributed by atoms with E-state index in [0.717, 1.165) is 0 Å². The van der Waals surface area contributed by atoms with Gasteiger partial charge >= 0.3 is 0 Å². The molecular formula is C8H16O2Si. The highest BCUT2D eigenvalue weighted by atomic mass is 28.3. The summed E-state index contributed by atoms with van der Waals surface area (Å²) in [5.41, 5.74) is 3.03. The first-order valence-corrected chi connectivity index (χ1v) is 7.27. The van der Waals surface area contributed by atoms with Gasteiger partial charge in [0.05, 0.1) is 0 Å². The molecule has 0 aliphatic rings. The summed E-state index contributed by atoms with van der Waals surface area (Å²) < 4.78 is 0. The van der Waals surface area contributed by atoms with Gasteiger partial charge in [0.2, 0.25) is 0 Å². The molecule has 3 heteroatoms. The fourth-order valence-electron chi connectivity index (χ4n) is 0.494. The molecule has 2 nitrogen and oxygen atoms in total. The second-order valence-corrected chi connectivity index (χ2v) is 8.30. The van der Waals surface area contributed by atoms with E-state index >= 15 is 0 Å². The minimum absolute atomic E-state index is 0.00153. The van der Waals surface area contributed by atoms with Crippen LogP contribution < -0.4 is 0 Å². The Kier molecular flexibility index (Phi) is 4.42. The summed E-state index contributed by atoms with van der Waals surface area (Å²) >= 11 is 0. The van der Waals surface area contributed by atoms with Crippen LogP contribution in [-0.4, -0.2) is 31.0 Å². The van der Waals surface area contributed by atoms with Gasteiger partial charge in [0.1, 0.15) is 14.2 Å². The molecule has 0 fully saturated rings. The molecule has 0 saturated carbocycles. The van der Waals surface area contributed by atoms with Crippen LogP contribution in [0.2, 0.25) is 19.6 Å². The van der Waals surface area contributed by atoms with Crippen molar-refractivity contribution in [2.24, 2.45) is 0 Å². The van der Waals surface area contributed by atoms with E-state index in [1.165, 1.54) is 0 Å². The minimum atomic E-state index is -1.35. The van der Waals surface area contributed by atoms with Crippen molar-refractivity contribution in [2.75, 3.05) is 6.61 Å². The zero-order chi connectivity index (χ0) is 8.91. The molecule has 1 unspecified atom stereocenters. The second kappa shape index (κ2) is 4.55. The number of hydrogen-bond donors (Lipinski definition) is 2. The van der Waals surface area contributed by atoms with Crippen LogP contribution in [0.4, 0.5) is 0 Å². The Bertz CT molecular complexity index is 161. The maximum atomic E-state index is 9.10. The first-order chi connectivity index (χ1) is 4.95. The highest BCUT2D eigenvalue weighted by molar-refractivity contribution is 6.83. The summed E-state index contributed by atoms with van der Waals surface area (Å²) in [6, 6.07) is 0. The molecule has 11 heavy (non-hydrogen) atoms. The third-order valence-corrected chi connectivity index (χ3v) is 1.91. The van der Waals surface area contributed by atoms with Crippen molar-refractivity contribution in [3.63, 3.8) is 0 Å². The van der Waals surface area contributed by atoms with E-state index in [2.05, 4.69) is 31.1 Å². The molecule has 0 spiro atoms. The van der Waals surface area contributed by atoms with Gasteiger partial charge in [0.25, 0.3) is 0 Å². The Labute approximate surface area is 69.3 Å². The predicted molar refractivity (Wildman–Crippen MR) is 48.8 cm³/mol. The zero-order valence-corrected chi connectivity index (χ0v) is 8.39. The lowest BCUT2D eigenvalue weighted by Crippen LogP contribution is -2.18. The summed E-state index contributed by atoms with van der Waals surface area (Å²) in [5.74, 6) is 2.73. The molecule has 0 aromatic heterocycles. The van der Waals surface area contributed by atoms with Crippen LogP contribution >= 0.6 is 0 Å². The summed E-state index contributed by atoms with van der Waals surface area (Å²) in [5, 5.41) is 17.6. The molecule has 0 bridgehead atoms. The molecule has 0 aliphatic heterocycles. The lowest BCUT2D eigenvalue weighted by molar-refractivity contribution is 0.177. The standard InChI is InChI=1S/C8H16O2Si/c1-11(2,3)7-5-8(10)4-6-9/h8-10H,4,6H2,1-3H3. The molecule has 2 N–H and O–H groups in total. The average molecular weight is 172 g/mol. The largest absolute Gasteiger partial charge is 0.396 e. The number of aliphatic hydroxyl groups excluding tert-OH is 2. The SMILES string of the molecule is C[Si](C)(C)C#CC(O)CCO. The maximum absolute atomic E-state index is 9.10. The van der Waals surface area contributed by atoms with Gasteiger partial charge in [-0.15, -0.1) is 5.54 Å². The van der Waals surface area contributed by atoms with Gasteiger partial charge in [-0.3, -0.25) is 0 Å². The molecule has 0 radical (unpaired) electrons. The Balaban J connectivity index is 3.87. The Hall–Kier alpha value is -0.303. The topological polar surface area (TPSA) is 40.5 Å². The first kappa shape index (κ1) is 10.7. The highest BCUT2D eigenvalue weighted by Crippen LogP contribution is 1.97. The molecule has 64 valence electrons. The van der Waals surface area contributed by atoms with E-state index in [1.54, 1.807) is 0 Å². The van der Waals surface area contributed by atoms with Crippen molar-refractivity contribution in [1.29, 1.82) is 0 Å². The van der Waals surface area contributed by atoms with Gasteiger partial charge in [-0.2, -0.15) is 0 Å². The Morgan fingerprint density at radius 2 is 1.91 bits per heavy atom. The van der Waals surface area contributed by atoms with Crippen molar-refractivity contribution in [3.05, 3.63) is 0 Å². The molecule has 0 saturated heterocycles. The average Bonchev–Trinajstić information content (AvgIpc) is 1.83. The van der Waals surface area contributed by atoms with Crippen molar-refractivity contribution >= 4 is 8.07 Å². The molecule has 0 rings (SSSR count). The first-order valence-electron chi connectivity index (χ1n) is 3.77. The van der Waals surface area contributed by atoms with Crippen LogP contribution in [0.5, 0.6) is 0 Å². The molecule has 0 aromatic rings. The van der Waals surface area contributed by atoms with Crippen LogP contribution in [0, 0.1) is 11.5 Å². The van der Waals surface area contributed by atoms with Crippen LogP contribution in [0.15, 0.2) is 0 Å². The van der Waals surface area contributed by atoms with E-state index in [9.17, 15) is 0 Å². The number of hydrogen-bond acceptors (Lipinski definition) is 2. The predicted octanol–water partition coefficient (Wildman–Crippen LogP) is 0.610. The lowest BCUT2D eigenvalue weighted by atomic mass is 10.3. The normalized spacial score (nSPS) is 13.5. The fraction of sp³-hybridized carbons (Fsp3) is 0.750. The smallest absolute Gasteiger partial charge is 0.129 e. The minimum Gasteiger partial charge on any atom is -0.396 e. The monoisotopic (exact) mass is 172 g/mol.